The lowest BCUT2D eigenvalue weighted by atomic mass is 9.90. The van der Waals surface area contributed by atoms with Crippen molar-refractivity contribution < 1.29 is 51.1 Å². The van der Waals surface area contributed by atoms with Crippen molar-refractivity contribution in [3.63, 3.8) is 0 Å². The van der Waals surface area contributed by atoms with E-state index in [1.54, 1.807) is 32.0 Å². The van der Waals surface area contributed by atoms with Crippen LogP contribution >= 0.6 is 0 Å². The zero-order chi connectivity index (χ0) is 48.1. The molecule has 0 unspecified atom stereocenters. The fraction of sp³-hybridized carbons (Fsp3) is 0.783. The van der Waals surface area contributed by atoms with Crippen molar-refractivity contribution in [3.8, 4) is 0 Å². The molecule has 0 radical (unpaired) electrons. The van der Waals surface area contributed by atoms with Crippen LogP contribution in [-0.2, 0) is 46.3 Å². The Hall–Kier alpha value is -1.99. The second-order valence-electron chi connectivity index (χ2n) is 24.1. The first-order valence-electron chi connectivity index (χ1n) is 21.7. The van der Waals surface area contributed by atoms with E-state index >= 15 is 0 Å². The lowest BCUT2D eigenvalue weighted by Crippen LogP contribution is -2.51. The van der Waals surface area contributed by atoms with E-state index in [-0.39, 0.29) is 52.1 Å². The molecule has 0 spiro atoms. The van der Waals surface area contributed by atoms with Gasteiger partial charge in [-0.3, -0.25) is 14.4 Å². The van der Waals surface area contributed by atoms with Gasteiger partial charge >= 0.3 is 23.9 Å². The molecule has 0 saturated heterocycles. The van der Waals surface area contributed by atoms with Crippen LogP contribution in [0.2, 0.25) is 72.5 Å². The zero-order valence-electron chi connectivity index (χ0n) is 42.6. The monoisotopic (exact) mass is 927 g/mol. The zero-order valence-corrected chi connectivity index (χ0v) is 46.6. The van der Waals surface area contributed by atoms with Crippen molar-refractivity contribution in [3.05, 3.63) is 35.9 Å². The maximum Gasteiger partial charge on any atom is 0.345 e. The number of ether oxygens (including phenoxy) is 3. The van der Waals surface area contributed by atoms with Gasteiger partial charge in [-0.25, -0.2) is 4.79 Å². The summed E-state index contributed by atoms with van der Waals surface area (Å²) in [6, 6.07) is 8.10. The number of benzene rings is 1. The highest BCUT2D eigenvalue weighted by atomic mass is 28.4. The maximum atomic E-state index is 14.4. The van der Waals surface area contributed by atoms with Gasteiger partial charge in [0, 0.05) is 0 Å². The Labute approximate surface area is 374 Å². The average Bonchev–Trinajstić information content (AvgIpc) is 3.11. The second kappa shape index (κ2) is 20.0. The number of hydrogen-bond acceptors (Lipinski definition) is 11. The van der Waals surface area contributed by atoms with Gasteiger partial charge < -0.3 is 31.9 Å². The summed E-state index contributed by atoms with van der Waals surface area (Å²) in [6.07, 6.45) is 0. The second-order valence-corrected chi connectivity index (χ2v) is 43.3. The number of carbonyl (C=O) groups excluding carboxylic acids is 4. The van der Waals surface area contributed by atoms with Gasteiger partial charge in [0.1, 0.15) is 29.5 Å². The Morgan fingerprint density at radius 3 is 0.885 bits per heavy atom. The summed E-state index contributed by atoms with van der Waals surface area (Å²) in [5, 5.41) is -0.518. The van der Waals surface area contributed by atoms with Crippen molar-refractivity contribution in [1.82, 2.24) is 0 Å². The molecular formula is C46H86O11Si4. The number of carbonyl (C=O) groups is 4. The van der Waals surface area contributed by atoms with Gasteiger partial charge in [-0.1, -0.05) is 101 Å². The standard InChI is InChI=1S/C46H86O11Si4/c1-40(2,3)58(16,17)53-31-45(14,32-54-59(18,19)41(4,5)6)37(48)51-29-44(13,39(50)57-36(47)35-27-25-24-26-28-35)30-52-38(49)46(15,33-55-60(20,21)42(7,8)9)34-56-61(22,23)43(10,11)12/h24-28H,29-34H2,1-23H3. The van der Waals surface area contributed by atoms with E-state index in [1.165, 1.54) is 19.1 Å². The first kappa shape index (κ1) is 57.0. The third kappa shape index (κ3) is 15.6. The molecule has 0 saturated carbocycles. The van der Waals surface area contributed by atoms with Crippen LogP contribution in [0.25, 0.3) is 0 Å². The number of esters is 4. The minimum atomic E-state index is -2.34. The normalized spacial score (nSPS) is 14.4. The van der Waals surface area contributed by atoms with Gasteiger partial charge in [0.25, 0.3) is 0 Å². The molecule has 0 aliphatic rings. The summed E-state index contributed by atoms with van der Waals surface area (Å²) in [5.74, 6) is -3.21. The first-order chi connectivity index (χ1) is 27.0. The molecule has 352 valence electrons. The largest absolute Gasteiger partial charge is 0.464 e. The molecule has 0 bridgehead atoms. The Bertz CT molecular complexity index is 1500. The van der Waals surface area contributed by atoms with E-state index in [1.807, 2.05) is 0 Å². The minimum absolute atomic E-state index is 0.0282. The molecule has 61 heavy (non-hydrogen) atoms. The third-order valence-electron chi connectivity index (χ3n) is 13.9. The fourth-order valence-corrected chi connectivity index (χ4v) is 8.79. The van der Waals surface area contributed by atoms with E-state index in [2.05, 4.69) is 135 Å². The van der Waals surface area contributed by atoms with Gasteiger partial charge in [-0.05, 0) is 105 Å². The van der Waals surface area contributed by atoms with Crippen LogP contribution in [0.3, 0.4) is 0 Å². The van der Waals surface area contributed by atoms with Gasteiger partial charge in [-0.15, -0.1) is 0 Å². The lowest BCUT2D eigenvalue weighted by Gasteiger charge is -2.42. The van der Waals surface area contributed by atoms with Crippen molar-refractivity contribution in [1.29, 1.82) is 0 Å². The lowest BCUT2D eigenvalue weighted by molar-refractivity contribution is -0.176. The summed E-state index contributed by atoms with van der Waals surface area (Å²) in [6.45, 7) is 46.3. The van der Waals surface area contributed by atoms with E-state index in [0.29, 0.717) is 0 Å². The molecule has 0 heterocycles. The molecule has 1 rings (SSSR count). The van der Waals surface area contributed by atoms with Crippen LogP contribution in [0.1, 0.15) is 114 Å². The van der Waals surface area contributed by atoms with E-state index < -0.39 is 86.6 Å². The van der Waals surface area contributed by atoms with Crippen molar-refractivity contribution in [2.75, 3.05) is 39.6 Å². The first-order valence-corrected chi connectivity index (χ1v) is 33.3. The predicted octanol–water partition coefficient (Wildman–Crippen LogP) is 11.6. The van der Waals surface area contributed by atoms with Crippen LogP contribution < -0.4 is 0 Å². The van der Waals surface area contributed by atoms with E-state index in [4.69, 9.17) is 31.9 Å². The molecule has 0 N–H and O–H groups in total. The molecule has 0 fully saturated rings. The van der Waals surface area contributed by atoms with Crippen molar-refractivity contribution in [2.24, 2.45) is 16.2 Å². The van der Waals surface area contributed by atoms with Gasteiger partial charge in [0.05, 0.1) is 32.0 Å². The SMILES string of the molecule is CC(CO[Si](C)(C)C(C)(C)C)(CO[Si](C)(C)C(C)(C)C)C(=O)OCC(C)(COC(=O)C(C)(CO[Si](C)(C)C(C)(C)C)CO[Si](C)(C)C(C)(C)C)C(=O)OC(=O)c1ccccc1. The smallest absolute Gasteiger partial charge is 0.345 e. The molecule has 0 aliphatic heterocycles. The fourth-order valence-electron chi connectivity index (χ4n) is 4.34. The highest BCUT2D eigenvalue weighted by Crippen LogP contribution is 2.42. The molecule has 1 aromatic rings. The average molecular weight is 928 g/mol. The Morgan fingerprint density at radius 1 is 0.393 bits per heavy atom. The summed E-state index contributed by atoms with van der Waals surface area (Å²) < 4.78 is 44.0. The van der Waals surface area contributed by atoms with Gasteiger partial charge in [-0.2, -0.15) is 0 Å². The van der Waals surface area contributed by atoms with Crippen LogP contribution in [0.4, 0.5) is 0 Å². The van der Waals surface area contributed by atoms with Crippen LogP contribution in [0.5, 0.6) is 0 Å². The van der Waals surface area contributed by atoms with Crippen molar-refractivity contribution >= 4 is 57.1 Å². The summed E-state index contributed by atoms with van der Waals surface area (Å²) in [5.41, 5.74) is -4.19. The highest BCUT2D eigenvalue weighted by molar-refractivity contribution is 6.75. The molecule has 0 amide bonds. The summed E-state index contributed by atoms with van der Waals surface area (Å²) in [4.78, 5) is 56.2. The molecule has 11 nitrogen and oxygen atoms in total. The van der Waals surface area contributed by atoms with Crippen molar-refractivity contribution in [2.45, 2.75) is 176 Å². The quantitative estimate of drug-likeness (QED) is 0.0535. The molecule has 1 aromatic carbocycles. The Morgan fingerprint density at radius 2 is 0.639 bits per heavy atom. The van der Waals surface area contributed by atoms with Crippen LogP contribution in [-0.4, -0.2) is 96.8 Å². The van der Waals surface area contributed by atoms with Gasteiger partial charge in [0.15, 0.2) is 33.3 Å². The minimum Gasteiger partial charge on any atom is -0.464 e. The summed E-state index contributed by atoms with van der Waals surface area (Å²) in [7, 11) is -9.36. The Balaban J connectivity index is 3.69. The molecular weight excluding hydrogens is 841 g/mol. The van der Waals surface area contributed by atoms with Crippen LogP contribution in [0, 0.1) is 16.2 Å². The van der Waals surface area contributed by atoms with Crippen LogP contribution in [0.15, 0.2) is 30.3 Å². The maximum absolute atomic E-state index is 14.4. The highest BCUT2D eigenvalue weighted by Gasteiger charge is 2.50. The third-order valence-corrected chi connectivity index (χ3v) is 31.9. The van der Waals surface area contributed by atoms with Gasteiger partial charge in [0.2, 0.25) is 0 Å². The topological polar surface area (TPSA) is 133 Å². The van der Waals surface area contributed by atoms with E-state index in [9.17, 15) is 19.2 Å². The predicted molar refractivity (Wildman–Crippen MR) is 256 cm³/mol. The Kier molecular flexibility index (Phi) is 18.7. The molecule has 0 atom stereocenters. The number of rotatable bonds is 20. The molecule has 0 aromatic heterocycles. The van der Waals surface area contributed by atoms with E-state index in [0.717, 1.165) is 0 Å². The molecule has 15 heteroatoms. The summed E-state index contributed by atoms with van der Waals surface area (Å²) >= 11 is 0. The number of hydrogen-bond donors (Lipinski definition) is 0. The molecule has 0 aliphatic carbocycles.